The maximum atomic E-state index is 12.6. The van der Waals surface area contributed by atoms with Crippen molar-refractivity contribution in [3.63, 3.8) is 0 Å². The first-order valence-corrected chi connectivity index (χ1v) is 10.1. The molecule has 3 rings (SSSR count). The van der Waals surface area contributed by atoms with Crippen molar-refractivity contribution in [3.8, 4) is 0 Å². The summed E-state index contributed by atoms with van der Waals surface area (Å²) in [5.74, 6) is 0.0773. The van der Waals surface area contributed by atoms with Crippen molar-refractivity contribution in [2.75, 3.05) is 48.3 Å². The van der Waals surface area contributed by atoms with Crippen LogP contribution in [0.1, 0.15) is 24.5 Å². The largest absolute Gasteiger partial charge is 0.384 e. The van der Waals surface area contributed by atoms with Gasteiger partial charge in [0.1, 0.15) is 0 Å². The van der Waals surface area contributed by atoms with E-state index in [0.29, 0.717) is 13.0 Å². The van der Waals surface area contributed by atoms with Gasteiger partial charge in [0.25, 0.3) is 0 Å². The summed E-state index contributed by atoms with van der Waals surface area (Å²) in [4.78, 5) is 28.1. The standard InChI is InChI=1S/C23H30N4O2/c1-17-6-4-9-22(18(17)2)26-12-14-27(15-13-26)23(29)10-11-24-20-7-5-8-21(16-20)25-19(3)28/h4-9,16,24H,10-15H2,1-3H3,(H,25,28). The second-order valence-corrected chi connectivity index (χ2v) is 7.53. The Morgan fingerprint density at radius 3 is 2.38 bits per heavy atom. The van der Waals surface area contributed by atoms with Gasteiger partial charge in [-0.05, 0) is 49.2 Å². The zero-order valence-electron chi connectivity index (χ0n) is 17.5. The van der Waals surface area contributed by atoms with E-state index in [1.165, 1.54) is 23.7 Å². The highest BCUT2D eigenvalue weighted by Gasteiger charge is 2.22. The van der Waals surface area contributed by atoms with E-state index in [-0.39, 0.29) is 11.8 Å². The van der Waals surface area contributed by atoms with E-state index < -0.39 is 0 Å². The molecule has 1 aliphatic rings. The van der Waals surface area contributed by atoms with E-state index >= 15 is 0 Å². The minimum Gasteiger partial charge on any atom is -0.384 e. The molecule has 1 saturated heterocycles. The lowest BCUT2D eigenvalue weighted by atomic mass is 10.1. The summed E-state index contributed by atoms with van der Waals surface area (Å²) in [6, 6.07) is 13.9. The van der Waals surface area contributed by atoms with Gasteiger partial charge in [0.2, 0.25) is 11.8 Å². The number of benzene rings is 2. The number of rotatable bonds is 6. The summed E-state index contributed by atoms with van der Waals surface area (Å²) in [7, 11) is 0. The summed E-state index contributed by atoms with van der Waals surface area (Å²) in [5.41, 5.74) is 5.53. The molecular weight excluding hydrogens is 364 g/mol. The summed E-state index contributed by atoms with van der Waals surface area (Å²) in [6.45, 7) is 9.59. The molecular formula is C23H30N4O2. The molecule has 0 aliphatic carbocycles. The van der Waals surface area contributed by atoms with Gasteiger partial charge in [0, 0.05) is 63.1 Å². The number of nitrogens with zero attached hydrogens (tertiary/aromatic N) is 2. The minimum atomic E-state index is -0.0997. The van der Waals surface area contributed by atoms with E-state index in [4.69, 9.17) is 0 Å². The van der Waals surface area contributed by atoms with Gasteiger partial charge < -0.3 is 20.4 Å². The van der Waals surface area contributed by atoms with E-state index in [1.54, 1.807) is 0 Å². The third kappa shape index (κ3) is 5.50. The van der Waals surface area contributed by atoms with Gasteiger partial charge in [-0.2, -0.15) is 0 Å². The molecule has 1 fully saturated rings. The van der Waals surface area contributed by atoms with Crippen molar-refractivity contribution in [1.29, 1.82) is 0 Å². The minimum absolute atomic E-state index is 0.0997. The normalized spacial score (nSPS) is 13.9. The van der Waals surface area contributed by atoms with Gasteiger partial charge in [-0.1, -0.05) is 18.2 Å². The molecule has 0 radical (unpaired) electrons. The first-order chi connectivity index (χ1) is 13.9. The van der Waals surface area contributed by atoms with Crippen LogP contribution >= 0.6 is 0 Å². The van der Waals surface area contributed by atoms with Crippen LogP contribution in [0.5, 0.6) is 0 Å². The molecule has 29 heavy (non-hydrogen) atoms. The van der Waals surface area contributed by atoms with Crippen LogP contribution in [0, 0.1) is 13.8 Å². The van der Waals surface area contributed by atoms with Gasteiger partial charge in [-0.3, -0.25) is 9.59 Å². The number of hydrogen-bond acceptors (Lipinski definition) is 4. The summed E-state index contributed by atoms with van der Waals surface area (Å²) >= 11 is 0. The number of hydrogen-bond donors (Lipinski definition) is 2. The molecule has 154 valence electrons. The number of carbonyl (C=O) groups excluding carboxylic acids is 2. The molecule has 0 aromatic heterocycles. The van der Waals surface area contributed by atoms with E-state index in [2.05, 4.69) is 47.6 Å². The second kappa shape index (κ2) is 9.45. The highest BCUT2D eigenvalue weighted by Crippen LogP contribution is 2.24. The summed E-state index contributed by atoms with van der Waals surface area (Å²) < 4.78 is 0. The SMILES string of the molecule is CC(=O)Nc1cccc(NCCC(=O)N2CCN(c3cccc(C)c3C)CC2)c1. The lowest BCUT2D eigenvalue weighted by Gasteiger charge is -2.37. The quantitative estimate of drug-likeness (QED) is 0.788. The Kier molecular flexibility index (Phi) is 6.75. The zero-order valence-corrected chi connectivity index (χ0v) is 17.5. The summed E-state index contributed by atoms with van der Waals surface area (Å²) in [5, 5.41) is 6.03. The van der Waals surface area contributed by atoms with Crippen LogP contribution in [0.3, 0.4) is 0 Å². The summed E-state index contributed by atoms with van der Waals surface area (Å²) in [6.07, 6.45) is 0.452. The molecule has 2 aromatic carbocycles. The van der Waals surface area contributed by atoms with Gasteiger partial charge >= 0.3 is 0 Å². The molecule has 1 heterocycles. The predicted molar refractivity (Wildman–Crippen MR) is 119 cm³/mol. The van der Waals surface area contributed by atoms with Crippen LogP contribution < -0.4 is 15.5 Å². The molecule has 0 bridgehead atoms. The van der Waals surface area contributed by atoms with Crippen molar-refractivity contribution in [1.82, 2.24) is 4.90 Å². The Labute approximate surface area is 172 Å². The number of aryl methyl sites for hydroxylation is 1. The third-order valence-corrected chi connectivity index (χ3v) is 5.40. The predicted octanol–water partition coefficient (Wildman–Crippen LogP) is 3.41. The highest BCUT2D eigenvalue weighted by molar-refractivity contribution is 5.89. The topological polar surface area (TPSA) is 64.7 Å². The zero-order chi connectivity index (χ0) is 20.8. The van der Waals surface area contributed by atoms with Crippen LogP contribution in [0.15, 0.2) is 42.5 Å². The van der Waals surface area contributed by atoms with Crippen molar-refractivity contribution in [2.24, 2.45) is 0 Å². The Balaban J connectivity index is 1.45. The fourth-order valence-electron chi connectivity index (χ4n) is 3.66. The van der Waals surface area contributed by atoms with Gasteiger partial charge in [-0.15, -0.1) is 0 Å². The van der Waals surface area contributed by atoms with E-state index in [0.717, 1.165) is 37.6 Å². The molecule has 6 heteroatoms. The number of carbonyl (C=O) groups is 2. The lowest BCUT2D eigenvalue weighted by molar-refractivity contribution is -0.131. The Morgan fingerprint density at radius 2 is 1.66 bits per heavy atom. The Bertz CT molecular complexity index is 873. The van der Waals surface area contributed by atoms with Crippen LogP contribution in [-0.4, -0.2) is 49.4 Å². The maximum Gasteiger partial charge on any atom is 0.224 e. The number of amides is 2. The lowest BCUT2D eigenvalue weighted by Crippen LogP contribution is -2.49. The second-order valence-electron chi connectivity index (χ2n) is 7.53. The van der Waals surface area contributed by atoms with E-state index in [9.17, 15) is 9.59 Å². The van der Waals surface area contributed by atoms with Gasteiger partial charge in [0.15, 0.2) is 0 Å². The molecule has 2 N–H and O–H groups in total. The fourth-order valence-corrected chi connectivity index (χ4v) is 3.66. The molecule has 2 aromatic rings. The van der Waals surface area contributed by atoms with Crippen molar-refractivity contribution >= 4 is 28.9 Å². The Hall–Kier alpha value is -3.02. The maximum absolute atomic E-state index is 12.6. The molecule has 6 nitrogen and oxygen atoms in total. The number of piperazine rings is 1. The smallest absolute Gasteiger partial charge is 0.224 e. The van der Waals surface area contributed by atoms with Crippen LogP contribution in [0.25, 0.3) is 0 Å². The average molecular weight is 395 g/mol. The van der Waals surface area contributed by atoms with Gasteiger partial charge in [0.05, 0.1) is 0 Å². The van der Waals surface area contributed by atoms with Crippen LogP contribution in [0.4, 0.5) is 17.1 Å². The van der Waals surface area contributed by atoms with Crippen molar-refractivity contribution in [3.05, 3.63) is 53.6 Å². The molecule has 0 saturated carbocycles. The molecule has 0 atom stereocenters. The molecule has 0 unspecified atom stereocenters. The van der Waals surface area contributed by atoms with Crippen LogP contribution in [-0.2, 0) is 9.59 Å². The Morgan fingerprint density at radius 1 is 0.966 bits per heavy atom. The molecule has 2 amide bonds. The highest BCUT2D eigenvalue weighted by atomic mass is 16.2. The number of nitrogens with one attached hydrogen (secondary N) is 2. The van der Waals surface area contributed by atoms with Gasteiger partial charge in [-0.25, -0.2) is 0 Å². The van der Waals surface area contributed by atoms with Crippen molar-refractivity contribution in [2.45, 2.75) is 27.2 Å². The third-order valence-electron chi connectivity index (χ3n) is 5.40. The van der Waals surface area contributed by atoms with Crippen molar-refractivity contribution < 1.29 is 9.59 Å². The van der Waals surface area contributed by atoms with Crippen LogP contribution in [0.2, 0.25) is 0 Å². The average Bonchev–Trinajstić information content (AvgIpc) is 2.70. The fraction of sp³-hybridized carbons (Fsp3) is 0.391. The molecule has 1 aliphatic heterocycles. The number of anilines is 3. The monoisotopic (exact) mass is 394 g/mol. The molecule has 0 spiro atoms. The first-order valence-electron chi connectivity index (χ1n) is 10.1. The first kappa shape index (κ1) is 20.7. The van der Waals surface area contributed by atoms with E-state index in [1.807, 2.05) is 29.2 Å².